The number of anilines is 1. The fourth-order valence-electron chi connectivity index (χ4n) is 2.60. The van der Waals surface area contributed by atoms with E-state index in [1.165, 1.54) is 12.3 Å². The van der Waals surface area contributed by atoms with E-state index < -0.39 is 27.9 Å². The molecular formula is C19H11FN4O5. The molecule has 0 fully saturated rings. The first kappa shape index (κ1) is 18.0. The summed E-state index contributed by atoms with van der Waals surface area (Å²) in [6.07, 6.45) is 1.47. The number of furan rings is 1. The van der Waals surface area contributed by atoms with E-state index in [0.717, 1.165) is 12.1 Å². The van der Waals surface area contributed by atoms with Crippen LogP contribution in [0.1, 0.15) is 10.4 Å². The normalized spacial score (nSPS) is 10.7. The van der Waals surface area contributed by atoms with Crippen molar-refractivity contribution >= 4 is 17.3 Å². The van der Waals surface area contributed by atoms with Crippen LogP contribution in [0.5, 0.6) is 0 Å². The van der Waals surface area contributed by atoms with E-state index in [1.807, 2.05) is 0 Å². The van der Waals surface area contributed by atoms with Crippen LogP contribution in [0, 0.1) is 15.9 Å². The van der Waals surface area contributed by atoms with Crippen molar-refractivity contribution in [2.24, 2.45) is 0 Å². The number of nitrogens with one attached hydrogen (secondary N) is 1. The Morgan fingerprint density at radius 2 is 1.86 bits per heavy atom. The predicted octanol–water partition coefficient (Wildman–Crippen LogP) is 4.30. The molecule has 2 aromatic carbocycles. The summed E-state index contributed by atoms with van der Waals surface area (Å²) in [5.74, 6) is -1.24. The minimum absolute atomic E-state index is 0.189. The SMILES string of the molecule is O=C(Nc1cccc(-c2nnc(-c3ccco3)o2)c1)c1cccc([N+](=O)[O-])c1F. The monoisotopic (exact) mass is 394 g/mol. The van der Waals surface area contributed by atoms with Gasteiger partial charge in [-0.05, 0) is 36.4 Å². The summed E-state index contributed by atoms with van der Waals surface area (Å²) >= 11 is 0. The highest BCUT2D eigenvalue weighted by molar-refractivity contribution is 6.05. The van der Waals surface area contributed by atoms with Gasteiger partial charge < -0.3 is 14.2 Å². The van der Waals surface area contributed by atoms with E-state index in [4.69, 9.17) is 8.83 Å². The zero-order valence-corrected chi connectivity index (χ0v) is 14.5. The number of hydrogen-bond acceptors (Lipinski definition) is 7. The summed E-state index contributed by atoms with van der Waals surface area (Å²) in [5, 5.41) is 21.2. The molecule has 9 nitrogen and oxygen atoms in total. The van der Waals surface area contributed by atoms with Crippen molar-refractivity contribution in [2.75, 3.05) is 5.32 Å². The van der Waals surface area contributed by atoms with E-state index in [-0.39, 0.29) is 11.8 Å². The molecule has 0 saturated heterocycles. The summed E-state index contributed by atoms with van der Waals surface area (Å²) < 4.78 is 25.0. The highest BCUT2D eigenvalue weighted by atomic mass is 19.1. The lowest BCUT2D eigenvalue weighted by atomic mass is 10.1. The molecule has 0 aliphatic carbocycles. The Morgan fingerprint density at radius 3 is 2.62 bits per heavy atom. The average Bonchev–Trinajstić information content (AvgIpc) is 3.40. The minimum atomic E-state index is -1.20. The number of carbonyl (C=O) groups excluding carboxylic acids is 1. The Kier molecular flexibility index (Phi) is 4.57. The molecular weight excluding hydrogens is 383 g/mol. The highest BCUT2D eigenvalue weighted by Crippen LogP contribution is 2.26. The summed E-state index contributed by atoms with van der Waals surface area (Å²) in [4.78, 5) is 22.3. The number of rotatable bonds is 5. The van der Waals surface area contributed by atoms with Crippen LogP contribution in [-0.2, 0) is 0 Å². The number of amides is 1. The molecule has 0 spiro atoms. The molecule has 0 bridgehead atoms. The van der Waals surface area contributed by atoms with Crippen molar-refractivity contribution in [3.05, 3.63) is 82.4 Å². The average molecular weight is 394 g/mol. The lowest BCUT2D eigenvalue weighted by Crippen LogP contribution is -2.14. The van der Waals surface area contributed by atoms with Crippen LogP contribution >= 0.6 is 0 Å². The van der Waals surface area contributed by atoms with Crippen LogP contribution in [0.3, 0.4) is 0 Å². The molecule has 4 rings (SSSR count). The van der Waals surface area contributed by atoms with Gasteiger partial charge in [-0.3, -0.25) is 14.9 Å². The lowest BCUT2D eigenvalue weighted by molar-refractivity contribution is -0.387. The van der Waals surface area contributed by atoms with Gasteiger partial charge in [0, 0.05) is 17.3 Å². The first-order chi connectivity index (χ1) is 14.0. The van der Waals surface area contributed by atoms with E-state index in [9.17, 15) is 19.3 Å². The smallest absolute Gasteiger partial charge is 0.305 e. The van der Waals surface area contributed by atoms with E-state index in [0.29, 0.717) is 17.0 Å². The molecule has 0 aliphatic heterocycles. The fourth-order valence-corrected chi connectivity index (χ4v) is 2.60. The van der Waals surface area contributed by atoms with Gasteiger partial charge in [-0.1, -0.05) is 12.1 Å². The molecule has 1 N–H and O–H groups in total. The van der Waals surface area contributed by atoms with Crippen LogP contribution in [0.15, 0.2) is 69.7 Å². The molecule has 29 heavy (non-hydrogen) atoms. The van der Waals surface area contributed by atoms with E-state index >= 15 is 0 Å². The number of nitro benzene ring substituents is 1. The summed E-state index contributed by atoms with van der Waals surface area (Å²) in [6.45, 7) is 0. The first-order valence-corrected chi connectivity index (χ1v) is 8.25. The van der Waals surface area contributed by atoms with Gasteiger partial charge in [-0.2, -0.15) is 4.39 Å². The third-order valence-corrected chi connectivity index (χ3v) is 3.94. The Labute approximate surface area is 161 Å². The molecule has 0 saturated carbocycles. The van der Waals surface area contributed by atoms with E-state index in [1.54, 1.807) is 36.4 Å². The standard InChI is InChI=1S/C19H11FN4O5/c20-16-13(6-2-7-14(16)24(26)27)17(25)21-12-5-1-4-11(10-12)18-22-23-19(29-18)15-8-3-9-28-15/h1-10H,(H,21,25). The van der Waals surface area contributed by atoms with Gasteiger partial charge >= 0.3 is 5.69 Å². The molecule has 0 radical (unpaired) electrons. The van der Waals surface area contributed by atoms with Crippen molar-refractivity contribution in [2.45, 2.75) is 0 Å². The third-order valence-electron chi connectivity index (χ3n) is 3.94. The van der Waals surface area contributed by atoms with Crippen molar-refractivity contribution in [3.8, 4) is 23.1 Å². The van der Waals surface area contributed by atoms with Gasteiger partial charge in [0.2, 0.25) is 11.7 Å². The Hall–Kier alpha value is -4.34. The quantitative estimate of drug-likeness (QED) is 0.395. The molecule has 2 heterocycles. The van der Waals surface area contributed by atoms with Gasteiger partial charge in [-0.25, -0.2) is 0 Å². The topological polar surface area (TPSA) is 124 Å². The number of benzene rings is 2. The van der Waals surface area contributed by atoms with Gasteiger partial charge in [0.25, 0.3) is 11.8 Å². The number of aromatic nitrogens is 2. The molecule has 10 heteroatoms. The van der Waals surface area contributed by atoms with Crippen LogP contribution < -0.4 is 5.32 Å². The number of nitro groups is 1. The van der Waals surface area contributed by atoms with Crippen LogP contribution in [-0.4, -0.2) is 21.0 Å². The lowest BCUT2D eigenvalue weighted by Gasteiger charge is -2.07. The minimum Gasteiger partial charge on any atom is -0.459 e. The number of nitrogens with zero attached hydrogens (tertiary/aromatic N) is 3. The fraction of sp³-hybridized carbons (Fsp3) is 0. The molecule has 0 aliphatic rings. The number of carbonyl (C=O) groups is 1. The maximum absolute atomic E-state index is 14.2. The summed E-state index contributed by atoms with van der Waals surface area (Å²) in [5.41, 5.74) is -0.394. The summed E-state index contributed by atoms with van der Waals surface area (Å²) in [7, 11) is 0. The van der Waals surface area contributed by atoms with E-state index in [2.05, 4.69) is 15.5 Å². The van der Waals surface area contributed by atoms with Crippen molar-refractivity contribution < 1.29 is 22.9 Å². The Balaban J connectivity index is 1.58. The van der Waals surface area contributed by atoms with Crippen molar-refractivity contribution in [3.63, 3.8) is 0 Å². The largest absolute Gasteiger partial charge is 0.459 e. The zero-order chi connectivity index (χ0) is 20.4. The highest BCUT2D eigenvalue weighted by Gasteiger charge is 2.22. The second-order valence-electron chi connectivity index (χ2n) is 5.82. The van der Waals surface area contributed by atoms with Crippen LogP contribution in [0.25, 0.3) is 23.1 Å². The summed E-state index contributed by atoms with van der Waals surface area (Å²) in [6, 6.07) is 13.2. The van der Waals surface area contributed by atoms with Gasteiger partial charge in [0.1, 0.15) is 0 Å². The van der Waals surface area contributed by atoms with Crippen molar-refractivity contribution in [1.82, 2.24) is 10.2 Å². The van der Waals surface area contributed by atoms with Crippen LogP contribution in [0.2, 0.25) is 0 Å². The van der Waals surface area contributed by atoms with Crippen molar-refractivity contribution in [1.29, 1.82) is 0 Å². The molecule has 4 aromatic rings. The molecule has 1 amide bonds. The Bertz CT molecular complexity index is 1200. The number of halogens is 1. The van der Waals surface area contributed by atoms with Gasteiger partial charge in [0.05, 0.1) is 16.7 Å². The molecule has 0 atom stereocenters. The van der Waals surface area contributed by atoms with Crippen LogP contribution in [0.4, 0.5) is 15.8 Å². The maximum Gasteiger partial charge on any atom is 0.305 e. The molecule has 0 unspecified atom stereocenters. The van der Waals surface area contributed by atoms with Gasteiger partial charge in [0.15, 0.2) is 5.76 Å². The third kappa shape index (κ3) is 3.58. The number of hydrogen-bond donors (Lipinski definition) is 1. The second-order valence-corrected chi connectivity index (χ2v) is 5.82. The molecule has 144 valence electrons. The Morgan fingerprint density at radius 1 is 1.07 bits per heavy atom. The second kappa shape index (κ2) is 7.35. The predicted molar refractivity (Wildman–Crippen MR) is 98.4 cm³/mol. The van der Waals surface area contributed by atoms with Gasteiger partial charge in [-0.15, -0.1) is 10.2 Å². The maximum atomic E-state index is 14.2. The zero-order valence-electron chi connectivity index (χ0n) is 14.5. The first-order valence-electron chi connectivity index (χ1n) is 8.25. The molecule has 2 aromatic heterocycles.